The molecule has 1 saturated heterocycles. The van der Waals surface area contributed by atoms with Gasteiger partial charge in [-0.2, -0.15) is 4.31 Å². The number of nitrogens with one attached hydrogen (secondary N) is 1. The third kappa shape index (κ3) is 6.12. The predicted molar refractivity (Wildman–Crippen MR) is 118 cm³/mol. The van der Waals surface area contributed by atoms with Crippen molar-refractivity contribution in [1.29, 1.82) is 0 Å². The molecule has 1 aliphatic rings. The lowest BCUT2D eigenvalue weighted by Gasteiger charge is -2.25. The maximum Gasteiger partial charge on any atom is 0.269 e. The Morgan fingerprint density at radius 2 is 1.69 bits per heavy atom. The van der Waals surface area contributed by atoms with Gasteiger partial charge in [-0.25, -0.2) is 8.42 Å². The summed E-state index contributed by atoms with van der Waals surface area (Å²) in [6.45, 7) is 1.09. The normalized spacial score (nSPS) is 15.8. The van der Waals surface area contributed by atoms with Crippen LogP contribution in [0.3, 0.4) is 0 Å². The van der Waals surface area contributed by atoms with Gasteiger partial charge in [0, 0.05) is 38.2 Å². The number of piperidine rings is 1. The third-order valence-corrected chi connectivity index (χ3v) is 7.41. The Morgan fingerprint density at radius 3 is 2.28 bits per heavy atom. The van der Waals surface area contributed by atoms with E-state index < -0.39 is 21.1 Å². The second-order valence-electron chi connectivity index (χ2n) is 7.78. The van der Waals surface area contributed by atoms with Crippen LogP contribution < -0.4 is 5.32 Å². The highest BCUT2D eigenvalue weighted by Gasteiger charge is 2.25. The number of amides is 1. The molecule has 0 bridgehead atoms. The van der Waals surface area contributed by atoms with E-state index in [0.29, 0.717) is 25.1 Å². The number of nitrogens with zero attached hydrogens (tertiary/aromatic N) is 2. The van der Waals surface area contributed by atoms with E-state index in [4.69, 9.17) is 0 Å². The van der Waals surface area contributed by atoms with Gasteiger partial charge >= 0.3 is 0 Å². The summed E-state index contributed by atoms with van der Waals surface area (Å²) in [4.78, 5) is 22.5. The Balaban J connectivity index is 1.46. The second kappa shape index (κ2) is 10.7. The van der Waals surface area contributed by atoms with E-state index in [2.05, 4.69) is 5.32 Å². The molecule has 3 rings (SSSR count). The molecule has 10 heteroatoms. The minimum atomic E-state index is -3.47. The molecule has 1 aliphatic heterocycles. The van der Waals surface area contributed by atoms with Gasteiger partial charge in [0.1, 0.15) is 0 Å². The van der Waals surface area contributed by atoms with Crippen molar-refractivity contribution in [1.82, 2.24) is 9.62 Å². The number of rotatable bonds is 9. The molecule has 172 valence electrons. The van der Waals surface area contributed by atoms with E-state index in [1.807, 2.05) is 0 Å². The number of nitro benzene ring substituents is 1. The van der Waals surface area contributed by atoms with Crippen molar-refractivity contribution >= 4 is 21.6 Å². The standard InChI is InChI=1S/C22H27N3O6S/c26-21(18-7-9-19(10-8-18)25(28)29)16-23-22(27)13-6-17-4-11-20(12-5-17)32(30,31)24-14-2-1-3-15-24/h4-5,7-12,21,26H,1-3,6,13-16H2,(H,23,27). The van der Waals surface area contributed by atoms with Crippen LogP contribution in [-0.2, 0) is 21.2 Å². The van der Waals surface area contributed by atoms with Crippen LogP contribution in [0.1, 0.15) is 42.9 Å². The molecule has 32 heavy (non-hydrogen) atoms. The summed E-state index contributed by atoms with van der Waals surface area (Å²) < 4.78 is 26.9. The fourth-order valence-corrected chi connectivity index (χ4v) is 5.09. The van der Waals surface area contributed by atoms with Gasteiger partial charge in [-0.15, -0.1) is 0 Å². The predicted octanol–water partition coefficient (Wildman–Crippen LogP) is 2.55. The molecule has 2 N–H and O–H groups in total. The molecule has 1 heterocycles. The number of non-ortho nitro benzene ring substituents is 1. The lowest BCUT2D eigenvalue weighted by atomic mass is 10.1. The molecule has 1 unspecified atom stereocenters. The summed E-state index contributed by atoms with van der Waals surface area (Å²) in [6.07, 6.45) is 2.46. The first-order valence-electron chi connectivity index (χ1n) is 10.6. The lowest BCUT2D eigenvalue weighted by molar-refractivity contribution is -0.384. The molecule has 1 fully saturated rings. The topological polar surface area (TPSA) is 130 Å². The van der Waals surface area contributed by atoms with Crippen LogP contribution >= 0.6 is 0 Å². The number of hydrogen-bond donors (Lipinski definition) is 2. The van der Waals surface area contributed by atoms with Crippen LogP contribution in [0.4, 0.5) is 5.69 Å². The van der Waals surface area contributed by atoms with Crippen molar-refractivity contribution in [3.63, 3.8) is 0 Å². The van der Waals surface area contributed by atoms with Gasteiger partial charge in [-0.1, -0.05) is 18.6 Å². The Morgan fingerprint density at radius 1 is 1.06 bits per heavy atom. The van der Waals surface area contributed by atoms with Crippen molar-refractivity contribution in [3.05, 3.63) is 69.8 Å². The van der Waals surface area contributed by atoms with Crippen molar-refractivity contribution in [3.8, 4) is 0 Å². The Kier molecular flexibility index (Phi) is 7.94. The van der Waals surface area contributed by atoms with Crippen LogP contribution in [0.25, 0.3) is 0 Å². The minimum absolute atomic E-state index is 0.0103. The fraction of sp³-hybridized carbons (Fsp3) is 0.409. The zero-order valence-electron chi connectivity index (χ0n) is 17.6. The first-order valence-corrected chi connectivity index (χ1v) is 12.0. The molecule has 2 aromatic carbocycles. The zero-order chi connectivity index (χ0) is 23.1. The zero-order valence-corrected chi connectivity index (χ0v) is 18.5. The van der Waals surface area contributed by atoms with Gasteiger partial charge < -0.3 is 10.4 Å². The van der Waals surface area contributed by atoms with Crippen LogP contribution in [0.5, 0.6) is 0 Å². The van der Waals surface area contributed by atoms with Crippen molar-refractivity contribution < 1.29 is 23.2 Å². The first kappa shape index (κ1) is 23.8. The molecule has 2 aromatic rings. The van der Waals surface area contributed by atoms with E-state index in [1.54, 1.807) is 24.3 Å². The Labute approximate surface area is 187 Å². The van der Waals surface area contributed by atoms with Gasteiger partial charge in [0.05, 0.1) is 15.9 Å². The molecular formula is C22H27N3O6S. The van der Waals surface area contributed by atoms with Crippen LogP contribution in [0.15, 0.2) is 53.4 Å². The van der Waals surface area contributed by atoms with Crippen LogP contribution in [0.2, 0.25) is 0 Å². The molecule has 1 amide bonds. The highest BCUT2D eigenvalue weighted by atomic mass is 32.2. The van der Waals surface area contributed by atoms with E-state index in [0.717, 1.165) is 24.8 Å². The van der Waals surface area contributed by atoms with E-state index in [9.17, 15) is 28.4 Å². The molecule has 0 aromatic heterocycles. The molecule has 0 aliphatic carbocycles. The average Bonchev–Trinajstić information content (AvgIpc) is 2.82. The monoisotopic (exact) mass is 461 g/mol. The summed E-state index contributed by atoms with van der Waals surface area (Å²) >= 11 is 0. The lowest BCUT2D eigenvalue weighted by Crippen LogP contribution is -2.35. The quantitative estimate of drug-likeness (QED) is 0.436. The summed E-state index contributed by atoms with van der Waals surface area (Å²) in [7, 11) is -3.47. The van der Waals surface area contributed by atoms with Gasteiger partial charge in [-0.3, -0.25) is 14.9 Å². The highest BCUT2D eigenvalue weighted by molar-refractivity contribution is 7.89. The summed E-state index contributed by atoms with van der Waals surface area (Å²) in [5, 5.41) is 23.5. The number of carbonyl (C=O) groups excluding carboxylic acids is 1. The van der Waals surface area contributed by atoms with E-state index in [-0.39, 0.29) is 29.5 Å². The largest absolute Gasteiger partial charge is 0.387 e. The maximum absolute atomic E-state index is 12.7. The minimum Gasteiger partial charge on any atom is -0.387 e. The van der Waals surface area contributed by atoms with Gasteiger partial charge in [-0.05, 0) is 54.7 Å². The SMILES string of the molecule is O=C(CCc1ccc(S(=O)(=O)N2CCCCC2)cc1)NCC(O)c1ccc([N+](=O)[O-])cc1. The fourth-order valence-electron chi connectivity index (χ4n) is 3.58. The number of carbonyl (C=O) groups is 1. The highest BCUT2D eigenvalue weighted by Crippen LogP contribution is 2.21. The number of aliphatic hydroxyl groups excluding tert-OH is 1. The summed E-state index contributed by atoms with van der Waals surface area (Å²) in [5.74, 6) is -0.254. The molecule has 9 nitrogen and oxygen atoms in total. The number of benzene rings is 2. The molecule has 0 radical (unpaired) electrons. The van der Waals surface area contributed by atoms with Crippen LogP contribution in [-0.4, -0.2) is 48.3 Å². The maximum atomic E-state index is 12.7. The van der Waals surface area contributed by atoms with Crippen molar-refractivity contribution in [2.75, 3.05) is 19.6 Å². The second-order valence-corrected chi connectivity index (χ2v) is 9.72. The number of nitro groups is 1. The summed E-state index contributed by atoms with van der Waals surface area (Å²) in [5.41, 5.74) is 1.25. The molecular weight excluding hydrogens is 434 g/mol. The van der Waals surface area contributed by atoms with Gasteiger partial charge in [0.2, 0.25) is 15.9 Å². The number of hydrogen-bond acceptors (Lipinski definition) is 6. The number of aryl methyl sites for hydroxylation is 1. The smallest absolute Gasteiger partial charge is 0.269 e. The van der Waals surface area contributed by atoms with Crippen molar-refractivity contribution in [2.24, 2.45) is 0 Å². The molecule has 0 spiro atoms. The molecule has 0 saturated carbocycles. The van der Waals surface area contributed by atoms with E-state index >= 15 is 0 Å². The van der Waals surface area contributed by atoms with Crippen molar-refractivity contribution in [2.45, 2.75) is 43.1 Å². The number of aliphatic hydroxyl groups is 1. The van der Waals surface area contributed by atoms with Gasteiger partial charge in [0.15, 0.2) is 0 Å². The number of sulfonamides is 1. The third-order valence-electron chi connectivity index (χ3n) is 5.50. The Hall–Kier alpha value is -2.82. The first-order chi connectivity index (χ1) is 15.3. The van der Waals surface area contributed by atoms with Gasteiger partial charge in [0.25, 0.3) is 5.69 Å². The molecule has 1 atom stereocenters. The van der Waals surface area contributed by atoms with Crippen LogP contribution in [0, 0.1) is 10.1 Å². The average molecular weight is 462 g/mol. The Bertz CT molecular complexity index is 1030. The summed E-state index contributed by atoms with van der Waals surface area (Å²) in [6, 6.07) is 12.1. The van der Waals surface area contributed by atoms with E-state index in [1.165, 1.54) is 28.6 Å².